The molecule has 0 saturated carbocycles. The van der Waals surface area contributed by atoms with Crippen molar-refractivity contribution in [3.05, 3.63) is 105 Å². The molecule has 5 aromatic rings. The molecule has 4 nitrogen and oxygen atoms in total. The van der Waals surface area contributed by atoms with Gasteiger partial charge in [-0.15, -0.1) is 0 Å². The zero-order valence-electron chi connectivity index (χ0n) is 18.2. The zero-order valence-corrected chi connectivity index (χ0v) is 20.5. The molecule has 2 aromatic heterocycles. The van der Waals surface area contributed by atoms with Crippen molar-refractivity contribution in [2.24, 2.45) is 0 Å². The number of halogens is 6. The molecule has 0 unspecified atom stereocenters. The van der Waals surface area contributed by atoms with Gasteiger partial charge in [0, 0.05) is 37.8 Å². The van der Waals surface area contributed by atoms with E-state index >= 15 is 0 Å². The summed E-state index contributed by atoms with van der Waals surface area (Å²) in [5.74, 6) is 0.524. The number of benzene rings is 3. The molecule has 182 valence electrons. The minimum atomic E-state index is -4.64. The van der Waals surface area contributed by atoms with Gasteiger partial charge in [0.15, 0.2) is 11.3 Å². The Morgan fingerprint density at radius 2 is 1.39 bits per heavy atom. The minimum absolute atomic E-state index is 0.0717. The van der Waals surface area contributed by atoms with Crippen molar-refractivity contribution >= 4 is 40.4 Å². The quantitative estimate of drug-likeness (QED) is 0.221. The van der Waals surface area contributed by atoms with E-state index in [1.807, 2.05) is 0 Å². The van der Waals surface area contributed by atoms with E-state index in [1.165, 1.54) is 6.07 Å². The normalized spacial score (nSPS) is 11.7. The van der Waals surface area contributed by atoms with Gasteiger partial charge in [0.1, 0.15) is 12.4 Å². The molecule has 0 fully saturated rings. The number of alkyl halides is 3. The van der Waals surface area contributed by atoms with Crippen LogP contribution in [0.5, 0.6) is 5.75 Å². The molecule has 10 heteroatoms. The predicted molar refractivity (Wildman–Crippen MR) is 135 cm³/mol. The molecule has 0 spiro atoms. The molecule has 0 atom stereocenters. The summed E-state index contributed by atoms with van der Waals surface area (Å²) in [7, 11) is 0. The molecule has 0 aliphatic carbocycles. The van der Waals surface area contributed by atoms with Gasteiger partial charge in [0.05, 0.1) is 11.4 Å². The third-order valence-corrected chi connectivity index (χ3v) is 6.26. The van der Waals surface area contributed by atoms with E-state index in [0.29, 0.717) is 37.6 Å². The second kappa shape index (κ2) is 9.65. The van der Waals surface area contributed by atoms with Crippen molar-refractivity contribution < 1.29 is 17.9 Å². The van der Waals surface area contributed by atoms with Gasteiger partial charge in [-0.25, -0.2) is 9.50 Å². The summed E-state index contributed by atoms with van der Waals surface area (Å²) < 4.78 is 48.3. The summed E-state index contributed by atoms with van der Waals surface area (Å²) in [5, 5.41) is 5.67. The topological polar surface area (TPSA) is 39.4 Å². The summed E-state index contributed by atoms with van der Waals surface area (Å²) in [6.45, 7) is 0.209. The molecule has 5 rings (SSSR count). The number of hydrogen-bond donors (Lipinski definition) is 0. The van der Waals surface area contributed by atoms with Gasteiger partial charge in [0.2, 0.25) is 0 Å². The lowest BCUT2D eigenvalue weighted by atomic mass is 10.1. The summed E-state index contributed by atoms with van der Waals surface area (Å²) in [5.41, 5.74) is 1.53. The lowest BCUT2D eigenvalue weighted by Gasteiger charge is -2.12. The van der Waals surface area contributed by atoms with Crippen LogP contribution in [0, 0.1) is 0 Å². The molecule has 0 radical (unpaired) electrons. The lowest BCUT2D eigenvalue weighted by molar-refractivity contribution is -0.142. The zero-order chi connectivity index (χ0) is 25.4. The van der Waals surface area contributed by atoms with Crippen LogP contribution in [0.3, 0.4) is 0 Å². The van der Waals surface area contributed by atoms with E-state index in [9.17, 15) is 13.2 Å². The van der Waals surface area contributed by atoms with Gasteiger partial charge in [-0.2, -0.15) is 18.3 Å². The molecular weight excluding hydrogens is 534 g/mol. The first kappa shape index (κ1) is 24.4. The average Bonchev–Trinajstić information content (AvgIpc) is 3.27. The molecule has 0 saturated heterocycles. The molecule has 0 aliphatic rings. The Morgan fingerprint density at radius 3 is 2.06 bits per heavy atom. The molecule has 0 N–H and O–H groups in total. The second-order valence-corrected chi connectivity index (χ2v) is 9.16. The minimum Gasteiger partial charge on any atom is -0.489 e. The van der Waals surface area contributed by atoms with Crippen LogP contribution in [-0.2, 0) is 12.8 Å². The number of aromatic nitrogens is 3. The third-order valence-electron chi connectivity index (χ3n) is 5.42. The molecule has 0 aliphatic heterocycles. The summed E-state index contributed by atoms with van der Waals surface area (Å²) >= 11 is 18.0. The van der Waals surface area contributed by atoms with Crippen LogP contribution in [0.4, 0.5) is 13.2 Å². The standard InChI is InChI=1S/C26H15Cl3F3N3O/c27-18-6-1-16(2-7-18)23-13-25-33-22(12-24(26(30,31)32)35(25)34-23)15-4-9-20(10-5-15)36-14-17-3-8-19(28)11-21(17)29/h1-13H,14H2. The van der Waals surface area contributed by atoms with Gasteiger partial charge in [-0.3, -0.25) is 0 Å². The number of rotatable bonds is 5. The van der Waals surface area contributed by atoms with Crippen molar-refractivity contribution in [1.29, 1.82) is 0 Å². The molecule has 3 aromatic carbocycles. The van der Waals surface area contributed by atoms with Gasteiger partial charge in [0.25, 0.3) is 0 Å². The van der Waals surface area contributed by atoms with Crippen molar-refractivity contribution in [3.8, 4) is 28.3 Å². The Hall–Kier alpha value is -3.26. The van der Waals surface area contributed by atoms with Crippen LogP contribution >= 0.6 is 34.8 Å². The van der Waals surface area contributed by atoms with Crippen molar-refractivity contribution in [2.45, 2.75) is 12.8 Å². The van der Waals surface area contributed by atoms with E-state index in [2.05, 4.69) is 10.1 Å². The van der Waals surface area contributed by atoms with E-state index in [4.69, 9.17) is 39.5 Å². The third kappa shape index (κ3) is 5.14. The Labute approximate surface area is 218 Å². The smallest absolute Gasteiger partial charge is 0.433 e. The molecule has 2 heterocycles. The monoisotopic (exact) mass is 547 g/mol. The van der Waals surface area contributed by atoms with Crippen molar-refractivity contribution in [3.63, 3.8) is 0 Å². The highest BCUT2D eigenvalue weighted by Gasteiger charge is 2.35. The van der Waals surface area contributed by atoms with Gasteiger partial charge < -0.3 is 4.74 Å². The van der Waals surface area contributed by atoms with Crippen LogP contribution in [0.15, 0.2) is 78.9 Å². The van der Waals surface area contributed by atoms with Gasteiger partial charge >= 0.3 is 6.18 Å². The highest BCUT2D eigenvalue weighted by Crippen LogP contribution is 2.34. The van der Waals surface area contributed by atoms with Crippen LogP contribution < -0.4 is 4.74 Å². The largest absolute Gasteiger partial charge is 0.489 e. The molecule has 0 amide bonds. The maximum atomic E-state index is 13.9. The van der Waals surface area contributed by atoms with E-state index in [1.54, 1.807) is 66.7 Å². The SMILES string of the molecule is FC(F)(F)c1cc(-c2ccc(OCc3ccc(Cl)cc3Cl)cc2)nc2cc(-c3ccc(Cl)cc3)nn12. The van der Waals surface area contributed by atoms with Crippen LogP contribution in [-0.4, -0.2) is 14.6 Å². The summed E-state index contributed by atoms with van der Waals surface area (Å²) in [6, 6.07) is 20.9. The fraction of sp³-hybridized carbons (Fsp3) is 0.0769. The van der Waals surface area contributed by atoms with E-state index in [-0.39, 0.29) is 17.9 Å². The lowest BCUT2D eigenvalue weighted by Crippen LogP contribution is -2.13. The maximum absolute atomic E-state index is 13.9. The second-order valence-electron chi connectivity index (χ2n) is 7.88. The predicted octanol–water partition coefficient (Wildman–Crippen LogP) is 8.62. The van der Waals surface area contributed by atoms with Gasteiger partial charge in [-0.1, -0.05) is 53.0 Å². The molecule has 36 heavy (non-hydrogen) atoms. The Morgan fingerprint density at radius 1 is 0.750 bits per heavy atom. The number of ether oxygens (including phenoxy) is 1. The van der Waals surface area contributed by atoms with Crippen LogP contribution in [0.2, 0.25) is 15.1 Å². The maximum Gasteiger partial charge on any atom is 0.433 e. The van der Waals surface area contributed by atoms with Crippen LogP contribution in [0.25, 0.3) is 28.2 Å². The first-order valence-electron chi connectivity index (χ1n) is 10.6. The Bertz CT molecular complexity index is 1550. The fourth-order valence-electron chi connectivity index (χ4n) is 3.61. The highest BCUT2D eigenvalue weighted by atomic mass is 35.5. The highest BCUT2D eigenvalue weighted by molar-refractivity contribution is 6.35. The first-order valence-corrected chi connectivity index (χ1v) is 11.7. The van der Waals surface area contributed by atoms with Gasteiger partial charge in [-0.05, 0) is 54.6 Å². The van der Waals surface area contributed by atoms with Crippen molar-refractivity contribution in [1.82, 2.24) is 14.6 Å². The van der Waals surface area contributed by atoms with Crippen molar-refractivity contribution in [2.75, 3.05) is 0 Å². The molecular formula is C26H15Cl3F3N3O. The van der Waals surface area contributed by atoms with E-state index in [0.717, 1.165) is 16.1 Å². The Kier molecular flexibility index (Phi) is 6.55. The van der Waals surface area contributed by atoms with E-state index < -0.39 is 11.9 Å². The fourth-order valence-corrected chi connectivity index (χ4v) is 4.20. The first-order chi connectivity index (χ1) is 17.2. The van der Waals surface area contributed by atoms with Crippen LogP contribution in [0.1, 0.15) is 11.3 Å². The number of hydrogen-bond acceptors (Lipinski definition) is 3. The molecule has 0 bridgehead atoms. The number of nitrogens with zero attached hydrogens (tertiary/aromatic N) is 3. The Balaban J connectivity index is 1.46. The average molecular weight is 549 g/mol. The summed E-state index contributed by atoms with van der Waals surface area (Å²) in [6.07, 6.45) is -4.64. The summed E-state index contributed by atoms with van der Waals surface area (Å²) in [4.78, 5) is 4.43. The number of fused-ring (bicyclic) bond motifs is 1.